The van der Waals surface area contributed by atoms with Gasteiger partial charge in [0, 0.05) is 43.7 Å². The molecule has 0 aromatic carbocycles. The van der Waals surface area contributed by atoms with Crippen LogP contribution in [0.4, 0.5) is 0 Å². The number of carbonyl (C=O) groups is 1. The smallest absolute Gasteiger partial charge is 0.228 e. The maximum Gasteiger partial charge on any atom is 0.228 e. The van der Waals surface area contributed by atoms with Crippen molar-refractivity contribution in [1.29, 1.82) is 0 Å². The van der Waals surface area contributed by atoms with Crippen LogP contribution < -0.4 is 0 Å². The number of amides is 1. The molecule has 4 heterocycles. The molecular weight excluding hydrogens is 286 g/mol. The monoisotopic (exact) mass is 307 g/mol. The predicted molar refractivity (Wildman–Crippen MR) is 79.9 cm³/mol. The molecule has 1 aromatic rings. The second kappa shape index (κ2) is 5.66. The van der Waals surface area contributed by atoms with Gasteiger partial charge in [0.15, 0.2) is 0 Å². The van der Waals surface area contributed by atoms with Crippen molar-refractivity contribution in [1.82, 2.24) is 14.8 Å². The van der Waals surface area contributed by atoms with Crippen molar-refractivity contribution in [3.8, 4) is 0 Å². The predicted octanol–water partition coefficient (Wildman–Crippen LogP) is 1.21. The van der Waals surface area contributed by atoms with E-state index in [1.165, 1.54) is 0 Å². The quantitative estimate of drug-likeness (QED) is 0.842. The van der Waals surface area contributed by atoms with Crippen molar-refractivity contribution in [3.63, 3.8) is 0 Å². The largest absolute Gasteiger partial charge is 0.376 e. The van der Waals surface area contributed by atoms with Gasteiger partial charge in [0.25, 0.3) is 0 Å². The van der Waals surface area contributed by atoms with Gasteiger partial charge < -0.3 is 9.64 Å². The van der Waals surface area contributed by atoms with Gasteiger partial charge in [0.1, 0.15) is 5.01 Å². The summed E-state index contributed by atoms with van der Waals surface area (Å²) in [5, 5.41) is 3.17. The van der Waals surface area contributed by atoms with Crippen LogP contribution >= 0.6 is 11.3 Å². The van der Waals surface area contributed by atoms with Crippen LogP contribution in [0.3, 0.4) is 0 Å². The summed E-state index contributed by atoms with van der Waals surface area (Å²) in [4.78, 5) is 21.4. The van der Waals surface area contributed by atoms with E-state index in [4.69, 9.17) is 4.74 Å². The Kier molecular flexibility index (Phi) is 3.69. The molecule has 0 N–H and O–H groups in total. The van der Waals surface area contributed by atoms with Crippen LogP contribution in [-0.2, 0) is 16.1 Å². The Morgan fingerprint density at radius 1 is 1.38 bits per heavy atom. The van der Waals surface area contributed by atoms with Crippen molar-refractivity contribution in [2.45, 2.75) is 25.5 Å². The van der Waals surface area contributed by atoms with Crippen LogP contribution in [-0.4, -0.2) is 59.6 Å². The number of fused-ring (bicyclic) bond motifs is 1. The molecule has 0 unspecified atom stereocenters. The highest BCUT2D eigenvalue weighted by atomic mass is 32.1. The lowest BCUT2D eigenvalue weighted by Gasteiger charge is -2.23. The fourth-order valence-electron chi connectivity index (χ4n) is 3.87. The molecule has 114 valence electrons. The third-order valence-electron chi connectivity index (χ3n) is 4.97. The number of carbonyl (C=O) groups excluding carboxylic acids is 1. The van der Waals surface area contributed by atoms with Gasteiger partial charge in [0.2, 0.25) is 5.91 Å². The topological polar surface area (TPSA) is 45.7 Å². The number of hydrogen-bond donors (Lipinski definition) is 0. The lowest BCUT2D eigenvalue weighted by Crippen LogP contribution is -2.38. The number of thiazole rings is 1. The van der Waals surface area contributed by atoms with Gasteiger partial charge in [-0.3, -0.25) is 9.69 Å². The molecule has 5 nitrogen and oxygen atoms in total. The molecule has 3 atom stereocenters. The molecule has 4 rings (SSSR count). The standard InChI is InChI=1S/C15H21N3O2S/c19-15(18-4-1-2-5-18)12-10-20-13-8-17(7-11(12)13)9-14-16-3-6-21-14/h3,6,11-13H,1-2,4-5,7-10H2/t11-,12+,13-/m1/s1. The van der Waals surface area contributed by atoms with E-state index in [0.717, 1.165) is 50.6 Å². The first kappa shape index (κ1) is 13.7. The summed E-state index contributed by atoms with van der Waals surface area (Å²) in [7, 11) is 0. The van der Waals surface area contributed by atoms with E-state index < -0.39 is 0 Å². The lowest BCUT2D eigenvalue weighted by molar-refractivity contribution is -0.135. The number of ether oxygens (including phenoxy) is 1. The van der Waals surface area contributed by atoms with Gasteiger partial charge in [0.05, 0.1) is 25.2 Å². The highest BCUT2D eigenvalue weighted by molar-refractivity contribution is 7.09. The van der Waals surface area contributed by atoms with Gasteiger partial charge in [-0.25, -0.2) is 4.98 Å². The Balaban J connectivity index is 1.40. The Bertz CT molecular complexity index is 501. The number of likely N-dealkylation sites (tertiary alicyclic amines) is 2. The van der Waals surface area contributed by atoms with Crippen LogP contribution in [0.25, 0.3) is 0 Å². The molecule has 1 aromatic heterocycles. The summed E-state index contributed by atoms with van der Waals surface area (Å²) < 4.78 is 5.91. The van der Waals surface area contributed by atoms with Crippen molar-refractivity contribution in [2.24, 2.45) is 11.8 Å². The lowest BCUT2D eigenvalue weighted by atomic mass is 9.92. The average Bonchev–Trinajstić information content (AvgIpc) is 3.24. The van der Waals surface area contributed by atoms with Gasteiger partial charge in [-0.2, -0.15) is 0 Å². The SMILES string of the molecule is O=C([C@H]1CO[C@@H]2CN(Cc3nccs3)C[C@H]12)N1CCCC1. The highest BCUT2D eigenvalue weighted by Crippen LogP contribution is 2.36. The van der Waals surface area contributed by atoms with E-state index in [1.807, 2.05) is 16.5 Å². The number of aromatic nitrogens is 1. The third-order valence-corrected chi connectivity index (χ3v) is 5.73. The Morgan fingerprint density at radius 2 is 2.24 bits per heavy atom. The molecule has 21 heavy (non-hydrogen) atoms. The van der Waals surface area contributed by atoms with E-state index >= 15 is 0 Å². The molecular formula is C15H21N3O2S. The Labute approximate surface area is 128 Å². The summed E-state index contributed by atoms with van der Waals surface area (Å²) in [5.74, 6) is 0.781. The number of hydrogen-bond acceptors (Lipinski definition) is 5. The van der Waals surface area contributed by atoms with Crippen molar-refractivity contribution < 1.29 is 9.53 Å². The van der Waals surface area contributed by atoms with E-state index in [0.29, 0.717) is 18.4 Å². The van der Waals surface area contributed by atoms with Gasteiger partial charge >= 0.3 is 0 Å². The molecule has 3 saturated heterocycles. The first-order chi connectivity index (χ1) is 10.3. The highest BCUT2D eigenvalue weighted by Gasteiger charge is 2.48. The molecule has 1 amide bonds. The van der Waals surface area contributed by atoms with Crippen LogP contribution in [0.15, 0.2) is 11.6 Å². The van der Waals surface area contributed by atoms with Gasteiger partial charge in [-0.05, 0) is 12.8 Å². The minimum atomic E-state index is 0.0781. The molecule has 0 saturated carbocycles. The van der Waals surface area contributed by atoms with Gasteiger partial charge in [-0.15, -0.1) is 11.3 Å². The normalized spacial score (nSPS) is 32.8. The molecule has 0 spiro atoms. The summed E-state index contributed by atoms with van der Waals surface area (Å²) >= 11 is 1.70. The van der Waals surface area contributed by atoms with E-state index in [-0.39, 0.29) is 12.0 Å². The summed E-state index contributed by atoms with van der Waals surface area (Å²) in [6, 6.07) is 0. The zero-order valence-electron chi connectivity index (χ0n) is 12.1. The summed E-state index contributed by atoms with van der Waals surface area (Å²) in [6.45, 7) is 5.29. The molecule has 3 fully saturated rings. The van der Waals surface area contributed by atoms with Crippen LogP contribution in [0.2, 0.25) is 0 Å². The van der Waals surface area contributed by atoms with Crippen molar-refractivity contribution in [2.75, 3.05) is 32.8 Å². The third kappa shape index (κ3) is 2.60. The number of nitrogens with zero attached hydrogens (tertiary/aromatic N) is 3. The first-order valence-electron chi connectivity index (χ1n) is 7.82. The Morgan fingerprint density at radius 3 is 3.00 bits per heavy atom. The van der Waals surface area contributed by atoms with Crippen LogP contribution in [0.5, 0.6) is 0 Å². The van der Waals surface area contributed by atoms with E-state index in [1.54, 1.807) is 11.3 Å². The van der Waals surface area contributed by atoms with Crippen LogP contribution in [0.1, 0.15) is 17.8 Å². The molecule has 0 aliphatic carbocycles. The fraction of sp³-hybridized carbons (Fsp3) is 0.733. The van der Waals surface area contributed by atoms with Crippen molar-refractivity contribution >= 4 is 17.2 Å². The first-order valence-corrected chi connectivity index (χ1v) is 8.70. The summed E-state index contributed by atoms with van der Waals surface area (Å²) in [5.41, 5.74) is 0. The number of rotatable bonds is 3. The zero-order valence-corrected chi connectivity index (χ0v) is 12.9. The zero-order chi connectivity index (χ0) is 14.2. The van der Waals surface area contributed by atoms with Crippen molar-refractivity contribution in [3.05, 3.63) is 16.6 Å². The molecule has 6 heteroatoms. The molecule has 3 aliphatic heterocycles. The molecule has 3 aliphatic rings. The molecule has 0 bridgehead atoms. The second-order valence-electron chi connectivity index (χ2n) is 6.29. The van der Waals surface area contributed by atoms with Crippen LogP contribution in [0, 0.1) is 11.8 Å². The maximum absolute atomic E-state index is 12.6. The summed E-state index contributed by atoms with van der Waals surface area (Å²) in [6.07, 6.45) is 4.40. The Hall–Kier alpha value is -0.980. The van der Waals surface area contributed by atoms with E-state index in [9.17, 15) is 4.79 Å². The minimum Gasteiger partial charge on any atom is -0.376 e. The minimum absolute atomic E-state index is 0.0781. The fourth-order valence-corrected chi connectivity index (χ4v) is 4.53. The molecule has 0 radical (unpaired) electrons. The second-order valence-corrected chi connectivity index (χ2v) is 7.27. The van der Waals surface area contributed by atoms with E-state index in [2.05, 4.69) is 9.88 Å². The average molecular weight is 307 g/mol. The van der Waals surface area contributed by atoms with Gasteiger partial charge in [-0.1, -0.05) is 0 Å². The maximum atomic E-state index is 12.6.